The van der Waals surface area contributed by atoms with Crippen LogP contribution in [0.15, 0.2) is 24.3 Å². The maximum absolute atomic E-state index is 12.7. The van der Waals surface area contributed by atoms with Gasteiger partial charge in [-0.3, -0.25) is 4.79 Å². The Morgan fingerprint density at radius 3 is 2.52 bits per heavy atom. The molecule has 2 atom stereocenters. The van der Waals surface area contributed by atoms with E-state index in [1.165, 1.54) is 0 Å². The van der Waals surface area contributed by atoms with E-state index in [2.05, 4.69) is 19.2 Å². The van der Waals surface area contributed by atoms with Crippen molar-refractivity contribution in [2.75, 3.05) is 0 Å². The molecule has 3 N–H and O–H groups in total. The zero-order chi connectivity index (χ0) is 17.3. The Labute approximate surface area is 138 Å². The van der Waals surface area contributed by atoms with Crippen molar-refractivity contribution in [1.29, 1.82) is 0 Å². The molecule has 128 valence electrons. The van der Waals surface area contributed by atoms with Crippen molar-refractivity contribution in [3.8, 4) is 5.75 Å². The first kappa shape index (κ1) is 17.8. The zero-order valence-corrected chi connectivity index (χ0v) is 14.6. The molecule has 1 aliphatic carbocycles. The second-order valence-electron chi connectivity index (χ2n) is 8.28. The van der Waals surface area contributed by atoms with E-state index >= 15 is 0 Å². The van der Waals surface area contributed by atoms with E-state index in [4.69, 9.17) is 0 Å². The summed E-state index contributed by atoms with van der Waals surface area (Å²) >= 11 is 0. The highest BCUT2D eigenvalue weighted by Gasteiger charge is 2.37. The zero-order valence-electron chi connectivity index (χ0n) is 14.6. The topological polar surface area (TPSA) is 69.6 Å². The van der Waals surface area contributed by atoms with Crippen LogP contribution in [0.2, 0.25) is 0 Å². The third-order valence-electron chi connectivity index (χ3n) is 4.87. The van der Waals surface area contributed by atoms with E-state index in [1.54, 1.807) is 12.1 Å². The molecule has 1 aliphatic rings. The van der Waals surface area contributed by atoms with Gasteiger partial charge in [0.25, 0.3) is 0 Å². The van der Waals surface area contributed by atoms with E-state index in [-0.39, 0.29) is 23.1 Å². The molecule has 0 aliphatic heterocycles. The Kier molecular flexibility index (Phi) is 5.04. The number of phenols is 1. The number of amides is 1. The molecule has 1 fully saturated rings. The lowest BCUT2D eigenvalue weighted by atomic mass is 9.73. The number of nitrogens with one attached hydrogen (secondary N) is 1. The summed E-state index contributed by atoms with van der Waals surface area (Å²) < 4.78 is 0. The first-order valence-corrected chi connectivity index (χ1v) is 8.36. The van der Waals surface area contributed by atoms with Crippen LogP contribution in [0.3, 0.4) is 0 Å². The number of benzene rings is 1. The average Bonchev–Trinajstić information content (AvgIpc) is 2.45. The number of aliphatic hydroxyl groups is 1. The summed E-state index contributed by atoms with van der Waals surface area (Å²) in [5.74, 6) is 0.191. The standard InChI is InChI=1S/C19H29NO3/c1-18(2)10-9-16(22)15(12-18)20-17(23)19(3,4)11-13-5-7-14(21)8-6-13/h5-8,15-16,21-22H,9-12H2,1-4H3,(H,20,23)/t15-,16-/m1/s1. The van der Waals surface area contributed by atoms with E-state index in [0.29, 0.717) is 6.42 Å². The largest absolute Gasteiger partial charge is 0.508 e. The fourth-order valence-corrected chi connectivity index (χ4v) is 3.29. The van der Waals surface area contributed by atoms with Gasteiger partial charge in [-0.15, -0.1) is 0 Å². The molecule has 0 unspecified atom stereocenters. The molecule has 1 amide bonds. The summed E-state index contributed by atoms with van der Waals surface area (Å²) in [6.45, 7) is 8.18. The van der Waals surface area contributed by atoms with Crippen molar-refractivity contribution in [2.45, 2.75) is 65.5 Å². The van der Waals surface area contributed by atoms with Gasteiger partial charge in [0.05, 0.1) is 12.1 Å². The smallest absolute Gasteiger partial charge is 0.226 e. The third-order valence-corrected chi connectivity index (χ3v) is 4.87. The predicted molar refractivity (Wildman–Crippen MR) is 91.2 cm³/mol. The molecule has 23 heavy (non-hydrogen) atoms. The Balaban J connectivity index is 2.01. The monoisotopic (exact) mass is 319 g/mol. The molecular formula is C19H29NO3. The molecule has 0 radical (unpaired) electrons. The van der Waals surface area contributed by atoms with Crippen molar-refractivity contribution >= 4 is 5.91 Å². The summed E-state index contributed by atoms with van der Waals surface area (Å²) in [5.41, 5.74) is 0.587. The van der Waals surface area contributed by atoms with E-state index in [9.17, 15) is 15.0 Å². The van der Waals surface area contributed by atoms with Crippen molar-refractivity contribution in [1.82, 2.24) is 5.32 Å². The molecule has 0 heterocycles. The van der Waals surface area contributed by atoms with E-state index in [1.807, 2.05) is 26.0 Å². The number of hydrogen-bond donors (Lipinski definition) is 3. The van der Waals surface area contributed by atoms with Crippen LogP contribution < -0.4 is 5.32 Å². The predicted octanol–water partition coefficient (Wildman–Crippen LogP) is 3.02. The van der Waals surface area contributed by atoms with E-state index < -0.39 is 11.5 Å². The molecule has 1 aromatic rings. The molecule has 0 aromatic heterocycles. The number of rotatable bonds is 4. The molecule has 4 nitrogen and oxygen atoms in total. The fourth-order valence-electron chi connectivity index (χ4n) is 3.29. The highest BCUT2D eigenvalue weighted by atomic mass is 16.3. The van der Waals surface area contributed by atoms with Crippen molar-refractivity contribution in [3.63, 3.8) is 0 Å². The number of carbonyl (C=O) groups is 1. The normalized spacial score (nSPS) is 24.2. The van der Waals surface area contributed by atoms with Crippen molar-refractivity contribution < 1.29 is 15.0 Å². The first-order chi connectivity index (χ1) is 10.6. The Hall–Kier alpha value is -1.55. The van der Waals surface area contributed by atoms with Crippen LogP contribution in [-0.4, -0.2) is 28.3 Å². The molecule has 0 bridgehead atoms. The lowest BCUT2D eigenvalue weighted by molar-refractivity contribution is -0.131. The van der Waals surface area contributed by atoms with Gasteiger partial charge in [0.1, 0.15) is 5.75 Å². The minimum atomic E-state index is -0.571. The summed E-state index contributed by atoms with van der Waals surface area (Å²) in [6, 6.07) is 6.77. The Morgan fingerprint density at radius 1 is 1.30 bits per heavy atom. The quantitative estimate of drug-likeness (QED) is 0.799. The number of phenolic OH excluding ortho intramolecular Hbond substituents is 1. The third kappa shape index (κ3) is 4.71. The molecule has 1 aromatic carbocycles. The van der Waals surface area contributed by atoms with Crippen LogP contribution in [-0.2, 0) is 11.2 Å². The van der Waals surface area contributed by atoms with Gasteiger partial charge in [-0.2, -0.15) is 0 Å². The van der Waals surface area contributed by atoms with Crippen LogP contribution in [0.25, 0.3) is 0 Å². The number of aromatic hydroxyl groups is 1. The van der Waals surface area contributed by atoms with Gasteiger partial charge in [0, 0.05) is 5.41 Å². The Morgan fingerprint density at radius 2 is 1.91 bits per heavy atom. The SMILES string of the molecule is CC1(C)CC[C@@H](O)[C@H](NC(=O)C(C)(C)Cc2ccc(O)cc2)C1. The second kappa shape index (κ2) is 6.52. The molecule has 1 saturated carbocycles. The van der Waals surface area contributed by atoms with Gasteiger partial charge in [-0.25, -0.2) is 0 Å². The summed E-state index contributed by atoms with van der Waals surface area (Å²) in [7, 11) is 0. The van der Waals surface area contributed by atoms with Gasteiger partial charge in [-0.1, -0.05) is 39.8 Å². The molecule has 0 spiro atoms. The molecular weight excluding hydrogens is 290 g/mol. The van der Waals surface area contributed by atoms with Crippen LogP contribution in [0.4, 0.5) is 0 Å². The van der Waals surface area contributed by atoms with Crippen LogP contribution >= 0.6 is 0 Å². The number of hydrogen-bond acceptors (Lipinski definition) is 3. The maximum Gasteiger partial charge on any atom is 0.226 e. The average molecular weight is 319 g/mol. The highest BCUT2D eigenvalue weighted by Crippen LogP contribution is 2.36. The molecule has 0 saturated heterocycles. The minimum Gasteiger partial charge on any atom is -0.508 e. The van der Waals surface area contributed by atoms with Crippen LogP contribution in [0.5, 0.6) is 5.75 Å². The van der Waals surface area contributed by atoms with E-state index in [0.717, 1.165) is 24.8 Å². The van der Waals surface area contributed by atoms with Gasteiger partial charge in [-0.05, 0) is 48.8 Å². The Bertz CT molecular complexity index is 548. The fraction of sp³-hybridized carbons (Fsp3) is 0.632. The van der Waals surface area contributed by atoms with Gasteiger partial charge < -0.3 is 15.5 Å². The first-order valence-electron chi connectivity index (χ1n) is 8.36. The number of carbonyl (C=O) groups excluding carboxylic acids is 1. The number of aliphatic hydroxyl groups excluding tert-OH is 1. The highest BCUT2D eigenvalue weighted by molar-refractivity contribution is 5.82. The van der Waals surface area contributed by atoms with Gasteiger partial charge >= 0.3 is 0 Å². The van der Waals surface area contributed by atoms with Gasteiger partial charge in [0.2, 0.25) is 5.91 Å². The summed E-state index contributed by atoms with van der Waals surface area (Å²) in [6.07, 6.45) is 2.64. The van der Waals surface area contributed by atoms with Crippen molar-refractivity contribution in [2.24, 2.45) is 10.8 Å². The molecule has 4 heteroatoms. The minimum absolute atomic E-state index is 0.0349. The summed E-state index contributed by atoms with van der Waals surface area (Å²) in [5, 5.41) is 22.6. The second-order valence-corrected chi connectivity index (χ2v) is 8.28. The lowest BCUT2D eigenvalue weighted by Gasteiger charge is -2.40. The summed E-state index contributed by atoms with van der Waals surface area (Å²) in [4.78, 5) is 12.7. The molecule has 2 rings (SSSR count). The van der Waals surface area contributed by atoms with Gasteiger partial charge in [0.15, 0.2) is 0 Å². The lowest BCUT2D eigenvalue weighted by Crippen LogP contribution is -2.52. The van der Waals surface area contributed by atoms with Crippen LogP contribution in [0, 0.1) is 10.8 Å². The van der Waals surface area contributed by atoms with Crippen LogP contribution in [0.1, 0.15) is 52.5 Å². The van der Waals surface area contributed by atoms with Crippen molar-refractivity contribution in [3.05, 3.63) is 29.8 Å². The maximum atomic E-state index is 12.7.